The molecular weight excluding hydrogens is 362 g/mol. The van der Waals surface area contributed by atoms with E-state index in [1.165, 1.54) is 0 Å². The fourth-order valence-electron chi connectivity index (χ4n) is 3.53. The van der Waals surface area contributed by atoms with Crippen LogP contribution in [0.15, 0.2) is 29.1 Å². The molecule has 1 fully saturated rings. The van der Waals surface area contributed by atoms with Gasteiger partial charge < -0.3 is 9.80 Å². The summed E-state index contributed by atoms with van der Waals surface area (Å²) in [4.78, 5) is 35.8. The number of aromatic nitrogens is 2. The topological polar surface area (TPSA) is 61.7 Å². The summed E-state index contributed by atoms with van der Waals surface area (Å²) < 4.78 is 1.79. The lowest BCUT2D eigenvalue weighted by Gasteiger charge is -2.39. The maximum absolute atomic E-state index is 13.2. The highest BCUT2D eigenvalue weighted by atomic mass is 32.1. The quantitative estimate of drug-likeness (QED) is 0.789. The Balaban J connectivity index is 2.05. The number of para-hydroxylation sites is 1. The maximum Gasteiger partial charge on any atom is 0.278 e. The number of benzene rings is 1. The third-order valence-corrected chi connectivity index (χ3v) is 5.38. The van der Waals surface area contributed by atoms with Gasteiger partial charge in [0.25, 0.3) is 10.8 Å². The minimum Gasteiger partial charge on any atom is -0.330 e. The van der Waals surface area contributed by atoms with Crippen molar-refractivity contribution >= 4 is 28.8 Å². The van der Waals surface area contributed by atoms with Gasteiger partial charge in [0, 0.05) is 26.2 Å². The van der Waals surface area contributed by atoms with E-state index in [1.54, 1.807) is 9.47 Å². The van der Waals surface area contributed by atoms with Crippen molar-refractivity contribution in [3.05, 3.63) is 40.4 Å². The second-order valence-corrected chi connectivity index (χ2v) is 7.71. The van der Waals surface area contributed by atoms with Crippen molar-refractivity contribution in [2.75, 3.05) is 47.3 Å². The minimum absolute atomic E-state index is 0.0166. The van der Waals surface area contributed by atoms with Gasteiger partial charge in [-0.25, -0.2) is 4.98 Å². The van der Waals surface area contributed by atoms with E-state index in [0.717, 1.165) is 25.3 Å². The van der Waals surface area contributed by atoms with Crippen LogP contribution in [0.2, 0.25) is 0 Å². The molecule has 1 saturated heterocycles. The summed E-state index contributed by atoms with van der Waals surface area (Å²) in [5.41, 5.74) is 0.682. The molecular formula is C19H27N5O2S. The number of likely N-dealkylation sites (N-methyl/N-ethyl adjacent to an activating group) is 1. The number of rotatable bonds is 5. The first kappa shape index (κ1) is 19.9. The Hall–Kier alpha value is -1.90. The maximum atomic E-state index is 13.2. The fourth-order valence-corrected chi connectivity index (χ4v) is 3.71. The molecule has 1 unspecified atom stereocenters. The zero-order valence-corrected chi connectivity index (χ0v) is 17.0. The van der Waals surface area contributed by atoms with Gasteiger partial charge in [-0.3, -0.25) is 19.1 Å². The normalized spacial score (nSPS) is 18.4. The van der Waals surface area contributed by atoms with Gasteiger partial charge in [-0.1, -0.05) is 24.8 Å². The molecule has 0 radical (unpaired) electrons. The van der Waals surface area contributed by atoms with Crippen molar-refractivity contribution in [1.29, 1.82) is 0 Å². The molecule has 1 aliphatic rings. The van der Waals surface area contributed by atoms with Crippen molar-refractivity contribution in [3.8, 4) is 0 Å². The number of carbonyl (C=O) groups is 1. The summed E-state index contributed by atoms with van der Waals surface area (Å²) in [6, 6.07) is 7.32. The van der Waals surface area contributed by atoms with E-state index in [1.807, 2.05) is 45.4 Å². The van der Waals surface area contributed by atoms with Gasteiger partial charge in [0.05, 0.1) is 16.9 Å². The predicted octanol–water partition coefficient (Wildman–Crippen LogP) is 1.69. The molecule has 1 atom stereocenters. The molecule has 0 saturated carbocycles. The molecule has 0 aliphatic carbocycles. The molecule has 0 spiro atoms. The molecule has 0 bridgehead atoms. The van der Waals surface area contributed by atoms with E-state index >= 15 is 0 Å². The number of carbonyl (C=O) groups excluding carboxylic acids is 1. The van der Waals surface area contributed by atoms with Gasteiger partial charge in [-0.15, -0.1) is 0 Å². The fraction of sp³-hybridized carbons (Fsp3) is 0.526. The molecule has 1 aliphatic heterocycles. The van der Waals surface area contributed by atoms with Crippen LogP contribution in [0.5, 0.6) is 0 Å². The number of hydrogen-bond acceptors (Lipinski definition) is 5. The van der Waals surface area contributed by atoms with Crippen LogP contribution in [-0.2, 0) is 6.54 Å². The lowest BCUT2D eigenvalue weighted by atomic mass is 10.1. The van der Waals surface area contributed by atoms with Crippen LogP contribution in [0, 0.1) is 0 Å². The standard InChI is InChI=1S/C19H27N5O2S/c1-21(2)9-6-10-24-17(16-13-23(19(26)27)12-11-22(16)3)20-15-8-5-4-7-14(15)18(24)25/h4-5,7-8,16H,6,9-13H2,1-3H3,(H,26,27). The smallest absolute Gasteiger partial charge is 0.278 e. The molecule has 1 aromatic heterocycles. The summed E-state index contributed by atoms with van der Waals surface area (Å²) in [5.74, 6) is 0.722. The minimum atomic E-state index is -0.240. The van der Waals surface area contributed by atoms with Crippen molar-refractivity contribution in [1.82, 2.24) is 24.3 Å². The molecule has 2 heterocycles. The van der Waals surface area contributed by atoms with Crippen LogP contribution < -0.4 is 5.56 Å². The molecule has 146 valence electrons. The molecule has 8 heteroatoms. The summed E-state index contributed by atoms with van der Waals surface area (Å²) in [5, 5.41) is 0.391. The molecule has 3 rings (SSSR count). The van der Waals surface area contributed by atoms with E-state index in [9.17, 15) is 9.59 Å². The third-order valence-electron chi connectivity index (χ3n) is 5.09. The average molecular weight is 390 g/mol. The van der Waals surface area contributed by atoms with Crippen LogP contribution in [0.1, 0.15) is 18.3 Å². The average Bonchev–Trinajstić information content (AvgIpc) is 2.63. The summed E-state index contributed by atoms with van der Waals surface area (Å²) >= 11 is 3.98. The van der Waals surface area contributed by atoms with E-state index in [2.05, 4.69) is 22.4 Å². The highest BCUT2D eigenvalue weighted by Crippen LogP contribution is 2.24. The zero-order valence-electron chi connectivity index (χ0n) is 16.1. The Kier molecular flexibility index (Phi) is 6.18. The molecule has 1 aromatic carbocycles. The summed E-state index contributed by atoms with van der Waals surface area (Å²) in [6.07, 6.45) is 0.853. The van der Waals surface area contributed by atoms with Gasteiger partial charge >= 0.3 is 0 Å². The number of fused-ring (bicyclic) bond motifs is 1. The van der Waals surface area contributed by atoms with Gasteiger partial charge in [0.1, 0.15) is 5.82 Å². The highest BCUT2D eigenvalue weighted by Gasteiger charge is 2.31. The second-order valence-electron chi connectivity index (χ2n) is 7.33. The van der Waals surface area contributed by atoms with E-state index in [4.69, 9.17) is 4.98 Å². The van der Waals surface area contributed by atoms with Crippen LogP contribution in [-0.4, -0.2) is 76.8 Å². The van der Waals surface area contributed by atoms with Crippen LogP contribution in [0.3, 0.4) is 0 Å². The number of amides is 1. The van der Waals surface area contributed by atoms with Crippen LogP contribution in [0.4, 0.5) is 4.79 Å². The first-order valence-corrected chi connectivity index (χ1v) is 9.65. The SMILES string of the molecule is CN(C)CCCn1c(C2CN(C(=O)S)CCN2C)nc2ccccc2c1=O. The van der Waals surface area contributed by atoms with Crippen LogP contribution in [0.25, 0.3) is 10.9 Å². The van der Waals surface area contributed by atoms with Gasteiger partial charge in [-0.05, 0) is 46.2 Å². The van der Waals surface area contributed by atoms with Crippen LogP contribution >= 0.6 is 12.6 Å². The monoisotopic (exact) mass is 389 g/mol. The molecule has 7 nitrogen and oxygen atoms in total. The number of thiol groups is 1. The van der Waals surface area contributed by atoms with Crippen molar-refractivity contribution in [2.24, 2.45) is 0 Å². The van der Waals surface area contributed by atoms with Gasteiger partial charge in [-0.2, -0.15) is 0 Å². The first-order valence-electron chi connectivity index (χ1n) is 9.21. The van der Waals surface area contributed by atoms with E-state index in [0.29, 0.717) is 30.5 Å². The van der Waals surface area contributed by atoms with Gasteiger partial charge in [0.15, 0.2) is 0 Å². The first-order chi connectivity index (χ1) is 12.9. The summed E-state index contributed by atoms with van der Waals surface area (Å²) in [7, 11) is 6.05. The third kappa shape index (κ3) is 4.34. The molecule has 27 heavy (non-hydrogen) atoms. The Morgan fingerprint density at radius 1 is 1.30 bits per heavy atom. The Labute approximate surface area is 165 Å². The molecule has 0 N–H and O–H groups in total. The largest absolute Gasteiger partial charge is 0.330 e. The zero-order chi connectivity index (χ0) is 19.6. The number of nitrogens with zero attached hydrogens (tertiary/aromatic N) is 5. The van der Waals surface area contributed by atoms with Crippen molar-refractivity contribution < 1.29 is 4.79 Å². The molecule has 1 amide bonds. The van der Waals surface area contributed by atoms with Crippen molar-refractivity contribution in [3.63, 3.8) is 0 Å². The Bertz CT molecular complexity index is 882. The van der Waals surface area contributed by atoms with E-state index in [-0.39, 0.29) is 16.8 Å². The number of hydrogen-bond donors (Lipinski definition) is 1. The Morgan fingerprint density at radius 2 is 2.04 bits per heavy atom. The molecule has 2 aromatic rings. The number of piperazine rings is 1. The second kappa shape index (κ2) is 8.41. The lowest BCUT2D eigenvalue weighted by Crippen LogP contribution is -2.49. The van der Waals surface area contributed by atoms with Gasteiger partial charge in [0.2, 0.25) is 0 Å². The summed E-state index contributed by atoms with van der Waals surface area (Å²) in [6.45, 7) is 3.33. The highest BCUT2D eigenvalue weighted by molar-refractivity contribution is 7.96. The van der Waals surface area contributed by atoms with Crippen molar-refractivity contribution in [2.45, 2.75) is 19.0 Å². The Morgan fingerprint density at radius 3 is 2.74 bits per heavy atom. The van der Waals surface area contributed by atoms with E-state index < -0.39 is 0 Å². The lowest BCUT2D eigenvalue weighted by molar-refractivity contribution is 0.113. The predicted molar refractivity (Wildman–Crippen MR) is 111 cm³/mol.